The van der Waals surface area contributed by atoms with Gasteiger partial charge in [-0.3, -0.25) is 9.79 Å². The lowest BCUT2D eigenvalue weighted by Gasteiger charge is -2.32. The van der Waals surface area contributed by atoms with Crippen molar-refractivity contribution in [3.8, 4) is 0 Å². The monoisotopic (exact) mass is 378 g/mol. The average molecular weight is 378 g/mol. The molecule has 0 aromatic heterocycles. The molecule has 132 valence electrons. The van der Waals surface area contributed by atoms with Gasteiger partial charge in [-0.15, -0.1) is 4.40 Å². The highest BCUT2D eigenvalue weighted by atomic mass is 32.2. The third-order valence-corrected chi connectivity index (χ3v) is 6.81. The Labute approximate surface area is 150 Å². The first-order valence-electron chi connectivity index (χ1n) is 8.22. The second-order valence-corrected chi connectivity index (χ2v) is 8.83. The topological polar surface area (TPSA) is 91.2 Å². The lowest BCUT2D eigenvalue weighted by Crippen LogP contribution is -2.43. The molecule has 0 radical (unpaired) electrons. The maximum atomic E-state index is 12.3. The van der Waals surface area contributed by atoms with Crippen LogP contribution in [0.25, 0.3) is 0 Å². The fraction of sp³-hybridized carbons (Fsp3) is 0.438. The molecular formula is C16H18N4O3S2. The quantitative estimate of drug-likeness (QED) is 0.789. The first-order valence-corrected chi connectivity index (χ1v) is 10.6. The number of fused-ring (bicyclic) bond motifs is 1. The number of carbonyl (C=O) groups excluding carboxylic acids is 1. The summed E-state index contributed by atoms with van der Waals surface area (Å²) in [7, 11) is -3.60. The van der Waals surface area contributed by atoms with Gasteiger partial charge in [0.2, 0.25) is 5.91 Å². The number of hydrogen-bond acceptors (Lipinski definition) is 6. The average Bonchev–Trinajstić information content (AvgIpc) is 3.22. The van der Waals surface area contributed by atoms with Crippen molar-refractivity contribution >= 4 is 38.7 Å². The van der Waals surface area contributed by atoms with Crippen LogP contribution in [0, 0.1) is 5.92 Å². The number of sulfonamides is 1. The van der Waals surface area contributed by atoms with Crippen molar-refractivity contribution in [2.24, 2.45) is 15.3 Å². The molecule has 3 aliphatic heterocycles. The number of piperidine rings is 1. The van der Waals surface area contributed by atoms with Gasteiger partial charge >= 0.3 is 0 Å². The predicted molar refractivity (Wildman–Crippen MR) is 97.4 cm³/mol. The Morgan fingerprint density at radius 3 is 2.72 bits per heavy atom. The number of amides is 1. The van der Waals surface area contributed by atoms with Gasteiger partial charge in [0.25, 0.3) is 10.0 Å². The molecule has 9 heteroatoms. The van der Waals surface area contributed by atoms with Crippen LogP contribution < -0.4 is 5.32 Å². The Balaban J connectivity index is 1.43. The normalized spacial score (nSPS) is 22.3. The largest absolute Gasteiger partial charge is 0.355 e. The van der Waals surface area contributed by atoms with Crippen LogP contribution in [-0.4, -0.2) is 55.6 Å². The summed E-state index contributed by atoms with van der Waals surface area (Å²) in [6.07, 6.45) is 1.34. The van der Waals surface area contributed by atoms with Crippen molar-refractivity contribution < 1.29 is 13.2 Å². The van der Waals surface area contributed by atoms with Crippen molar-refractivity contribution in [2.45, 2.75) is 17.7 Å². The van der Waals surface area contributed by atoms with E-state index < -0.39 is 10.0 Å². The number of nitrogens with zero attached hydrogens (tertiary/aromatic N) is 3. The van der Waals surface area contributed by atoms with E-state index in [0.29, 0.717) is 42.5 Å². The van der Waals surface area contributed by atoms with E-state index in [-0.39, 0.29) is 16.7 Å². The second kappa shape index (κ2) is 6.45. The van der Waals surface area contributed by atoms with Crippen LogP contribution in [0.2, 0.25) is 0 Å². The molecule has 0 aliphatic carbocycles. The highest BCUT2D eigenvalue weighted by Gasteiger charge is 2.34. The molecule has 3 heterocycles. The first kappa shape index (κ1) is 16.6. The maximum Gasteiger partial charge on any atom is 0.285 e. The number of aliphatic imine (C=N–C) groups is 1. The molecule has 1 fully saturated rings. The SMILES string of the molecule is O=C(NC1=NCCS1)C1CCN(C2=NS(=O)(=O)c3ccccc32)CC1. The first-order chi connectivity index (χ1) is 12.0. The van der Waals surface area contributed by atoms with Crippen LogP contribution >= 0.6 is 11.8 Å². The van der Waals surface area contributed by atoms with Crippen LogP contribution in [-0.2, 0) is 14.8 Å². The molecule has 0 spiro atoms. The summed E-state index contributed by atoms with van der Waals surface area (Å²) in [5, 5.41) is 3.61. The number of amidine groups is 2. The zero-order valence-corrected chi connectivity index (χ0v) is 15.1. The predicted octanol–water partition coefficient (Wildman–Crippen LogP) is 1.07. The highest BCUT2D eigenvalue weighted by Crippen LogP contribution is 2.29. The minimum Gasteiger partial charge on any atom is -0.355 e. The zero-order valence-electron chi connectivity index (χ0n) is 13.5. The highest BCUT2D eigenvalue weighted by molar-refractivity contribution is 8.14. The van der Waals surface area contributed by atoms with Gasteiger partial charge in [-0.2, -0.15) is 8.42 Å². The summed E-state index contributed by atoms with van der Waals surface area (Å²) >= 11 is 1.57. The van der Waals surface area contributed by atoms with Gasteiger partial charge in [-0.05, 0) is 25.0 Å². The minimum atomic E-state index is -3.60. The molecule has 1 N–H and O–H groups in total. The second-order valence-electron chi connectivity index (χ2n) is 6.17. The van der Waals surface area contributed by atoms with E-state index in [4.69, 9.17) is 0 Å². The third-order valence-electron chi connectivity index (χ3n) is 4.59. The third kappa shape index (κ3) is 3.18. The van der Waals surface area contributed by atoms with Gasteiger partial charge in [0.1, 0.15) is 4.90 Å². The van der Waals surface area contributed by atoms with E-state index >= 15 is 0 Å². The van der Waals surface area contributed by atoms with Gasteiger partial charge in [-0.25, -0.2) is 0 Å². The van der Waals surface area contributed by atoms with E-state index in [2.05, 4.69) is 14.7 Å². The molecule has 0 atom stereocenters. The molecule has 4 rings (SSSR count). The molecule has 25 heavy (non-hydrogen) atoms. The van der Waals surface area contributed by atoms with E-state index in [1.165, 1.54) is 0 Å². The molecule has 0 unspecified atom stereocenters. The molecule has 7 nitrogen and oxygen atoms in total. The van der Waals surface area contributed by atoms with E-state index in [1.807, 2.05) is 11.0 Å². The van der Waals surface area contributed by atoms with Crippen molar-refractivity contribution in [2.75, 3.05) is 25.4 Å². The molecule has 1 amide bonds. The molecule has 0 saturated carbocycles. The van der Waals surface area contributed by atoms with Crippen LogP contribution in [0.4, 0.5) is 0 Å². The maximum absolute atomic E-state index is 12.3. The van der Waals surface area contributed by atoms with Crippen LogP contribution in [0.5, 0.6) is 0 Å². The lowest BCUT2D eigenvalue weighted by molar-refractivity contribution is -0.124. The number of likely N-dealkylation sites (tertiary alicyclic amines) is 1. The van der Waals surface area contributed by atoms with E-state index in [1.54, 1.807) is 30.0 Å². The Bertz CT molecular complexity index is 871. The number of rotatable bonds is 1. The van der Waals surface area contributed by atoms with E-state index in [0.717, 1.165) is 12.3 Å². The molecule has 1 aromatic carbocycles. The standard InChI is InChI=1S/C16H18N4O3S2/c21-15(18-16-17-7-10-24-16)11-5-8-20(9-6-11)14-12-3-1-2-4-13(12)25(22,23)19-14/h1-4,11H,5-10H2,(H,17,18,21). The molecule has 0 bridgehead atoms. The summed E-state index contributed by atoms with van der Waals surface area (Å²) < 4.78 is 28.3. The van der Waals surface area contributed by atoms with Crippen molar-refractivity contribution in [3.05, 3.63) is 29.8 Å². The number of hydrogen-bond donors (Lipinski definition) is 1. The summed E-state index contributed by atoms with van der Waals surface area (Å²) in [5.74, 6) is 1.36. The van der Waals surface area contributed by atoms with Crippen LogP contribution in [0.15, 0.2) is 38.6 Å². The van der Waals surface area contributed by atoms with E-state index in [9.17, 15) is 13.2 Å². The number of carbonyl (C=O) groups is 1. The fourth-order valence-corrected chi connectivity index (χ4v) is 5.25. The number of nitrogens with one attached hydrogen (secondary N) is 1. The number of benzene rings is 1. The van der Waals surface area contributed by atoms with Gasteiger partial charge in [0.05, 0.1) is 6.54 Å². The Hall–Kier alpha value is -1.87. The zero-order chi connectivity index (χ0) is 17.4. The smallest absolute Gasteiger partial charge is 0.285 e. The Kier molecular flexibility index (Phi) is 4.28. The molecular weight excluding hydrogens is 360 g/mol. The summed E-state index contributed by atoms with van der Waals surface area (Å²) in [6, 6.07) is 6.89. The van der Waals surface area contributed by atoms with Crippen molar-refractivity contribution in [1.82, 2.24) is 10.2 Å². The molecule has 3 aliphatic rings. The van der Waals surface area contributed by atoms with Gasteiger partial charge < -0.3 is 10.2 Å². The minimum absolute atomic E-state index is 0.00850. The molecule has 1 aromatic rings. The van der Waals surface area contributed by atoms with Crippen LogP contribution in [0.1, 0.15) is 18.4 Å². The summed E-state index contributed by atoms with van der Waals surface area (Å²) in [5.41, 5.74) is 0.655. The van der Waals surface area contributed by atoms with Crippen molar-refractivity contribution in [3.63, 3.8) is 0 Å². The summed E-state index contributed by atoms with van der Waals surface area (Å²) in [4.78, 5) is 18.8. The Morgan fingerprint density at radius 1 is 1.24 bits per heavy atom. The van der Waals surface area contributed by atoms with Gasteiger partial charge in [0, 0.05) is 30.3 Å². The summed E-state index contributed by atoms with van der Waals surface area (Å²) in [6.45, 7) is 1.98. The van der Waals surface area contributed by atoms with Gasteiger partial charge in [0.15, 0.2) is 11.0 Å². The van der Waals surface area contributed by atoms with Crippen LogP contribution in [0.3, 0.4) is 0 Å². The molecule has 1 saturated heterocycles. The lowest BCUT2D eigenvalue weighted by atomic mass is 9.95. The Morgan fingerprint density at radius 2 is 2.00 bits per heavy atom. The van der Waals surface area contributed by atoms with Crippen molar-refractivity contribution in [1.29, 1.82) is 0 Å². The van der Waals surface area contributed by atoms with Gasteiger partial charge in [-0.1, -0.05) is 23.9 Å². The fourth-order valence-electron chi connectivity index (χ4n) is 3.29. The number of thioether (sulfide) groups is 1.